The molecule has 4 rings (SSSR count). The van der Waals surface area contributed by atoms with Gasteiger partial charge in [0.2, 0.25) is 5.91 Å². The van der Waals surface area contributed by atoms with Crippen molar-refractivity contribution in [2.45, 2.75) is 30.5 Å². The lowest BCUT2D eigenvalue weighted by Crippen LogP contribution is -2.20. The summed E-state index contributed by atoms with van der Waals surface area (Å²) in [5.74, 6) is 0.220. The third-order valence-electron chi connectivity index (χ3n) is 4.68. The van der Waals surface area contributed by atoms with Crippen molar-refractivity contribution in [2.75, 3.05) is 11.9 Å². The van der Waals surface area contributed by atoms with E-state index in [9.17, 15) is 14.4 Å². The van der Waals surface area contributed by atoms with E-state index < -0.39 is 5.97 Å². The highest BCUT2D eigenvalue weighted by Gasteiger charge is 2.19. The van der Waals surface area contributed by atoms with Crippen LogP contribution in [0.5, 0.6) is 0 Å². The number of hydrogen-bond acceptors (Lipinski definition) is 8. The Labute approximate surface area is 182 Å². The second kappa shape index (κ2) is 9.13. The van der Waals surface area contributed by atoms with Crippen LogP contribution in [-0.4, -0.2) is 34.4 Å². The van der Waals surface area contributed by atoms with E-state index in [1.807, 2.05) is 6.07 Å². The van der Waals surface area contributed by atoms with Crippen molar-refractivity contribution in [3.63, 3.8) is 0 Å². The first-order valence-electron chi connectivity index (χ1n) is 9.63. The maximum Gasteiger partial charge on any atom is 0.341 e. The van der Waals surface area contributed by atoms with Crippen molar-refractivity contribution in [3.8, 4) is 0 Å². The van der Waals surface area contributed by atoms with Crippen LogP contribution in [0.15, 0.2) is 52.1 Å². The zero-order valence-corrected chi connectivity index (χ0v) is 17.5. The minimum Gasteiger partial charge on any atom is -0.454 e. The quantitative estimate of drug-likeness (QED) is 0.339. The van der Waals surface area contributed by atoms with Crippen molar-refractivity contribution >= 4 is 35.1 Å². The van der Waals surface area contributed by atoms with Gasteiger partial charge in [-0.1, -0.05) is 16.9 Å². The van der Waals surface area contributed by atoms with Crippen LogP contribution in [0.1, 0.15) is 44.2 Å². The highest BCUT2D eigenvalue weighted by atomic mass is 32.2. The Balaban J connectivity index is 1.38. The van der Waals surface area contributed by atoms with Gasteiger partial charge >= 0.3 is 5.97 Å². The maximum absolute atomic E-state index is 12.6. The summed E-state index contributed by atoms with van der Waals surface area (Å²) in [6.07, 6.45) is 2.54. The number of anilines is 1. The fraction of sp³-hybridized carbons (Fsp3) is 0.227. The Morgan fingerprint density at radius 3 is 2.90 bits per heavy atom. The number of pyridine rings is 1. The van der Waals surface area contributed by atoms with E-state index in [1.165, 1.54) is 11.8 Å². The number of ketones is 1. The van der Waals surface area contributed by atoms with Crippen LogP contribution in [0.2, 0.25) is 0 Å². The highest BCUT2D eigenvalue weighted by molar-refractivity contribution is 7.98. The van der Waals surface area contributed by atoms with Crippen LogP contribution in [0, 0.1) is 6.92 Å². The molecule has 9 heteroatoms. The van der Waals surface area contributed by atoms with Crippen molar-refractivity contribution in [2.24, 2.45) is 0 Å². The summed E-state index contributed by atoms with van der Waals surface area (Å²) in [6.45, 7) is 1.42. The van der Waals surface area contributed by atoms with Crippen LogP contribution in [0.25, 0.3) is 0 Å². The maximum atomic E-state index is 12.6. The molecular formula is C22H19N3O5S. The number of carbonyl (C=O) groups excluding carboxylic acids is 3. The molecule has 2 aromatic heterocycles. The summed E-state index contributed by atoms with van der Waals surface area (Å²) in [7, 11) is 0. The van der Waals surface area contributed by atoms with E-state index in [0.717, 1.165) is 11.3 Å². The summed E-state index contributed by atoms with van der Waals surface area (Å²) in [5, 5.41) is 7.19. The highest BCUT2D eigenvalue weighted by Crippen LogP contribution is 2.26. The number of aromatic nitrogens is 2. The number of esters is 1. The molecule has 0 saturated carbocycles. The van der Waals surface area contributed by atoms with E-state index in [4.69, 9.17) is 9.26 Å². The Morgan fingerprint density at radius 1 is 1.23 bits per heavy atom. The topological polar surface area (TPSA) is 111 Å². The predicted molar refractivity (Wildman–Crippen MR) is 113 cm³/mol. The second-order valence-electron chi connectivity index (χ2n) is 6.99. The first kappa shape index (κ1) is 20.8. The average Bonchev–Trinajstić information content (AvgIpc) is 3.20. The van der Waals surface area contributed by atoms with Gasteiger partial charge in [-0.15, -0.1) is 0 Å². The molecule has 0 radical (unpaired) electrons. The molecular weight excluding hydrogens is 418 g/mol. The number of rotatable bonds is 7. The first-order valence-corrected chi connectivity index (χ1v) is 10.6. The summed E-state index contributed by atoms with van der Waals surface area (Å²) in [6, 6.07) is 10.1. The zero-order valence-electron chi connectivity index (χ0n) is 16.7. The summed E-state index contributed by atoms with van der Waals surface area (Å²) >= 11 is 1.33. The van der Waals surface area contributed by atoms with Gasteiger partial charge in [0.15, 0.2) is 12.4 Å². The molecule has 0 spiro atoms. The number of nitrogens with zero attached hydrogens (tertiary/aromatic N) is 2. The largest absolute Gasteiger partial charge is 0.454 e. The van der Waals surface area contributed by atoms with Gasteiger partial charge in [0, 0.05) is 35.7 Å². The first-order chi connectivity index (χ1) is 15.0. The van der Waals surface area contributed by atoms with Crippen LogP contribution >= 0.6 is 11.8 Å². The average molecular weight is 437 g/mol. The number of nitrogens with one attached hydrogen (secondary N) is 1. The second-order valence-corrected chi connectivity index (χ2v) is 7.96. The van der Waals surface area contributed by atoms with E-state index in [0.29, 0.717) is 40.6 Å². The number of carbonyl (C=O) groups is 3. The molecule has 158 valence electrons. The van der Waals surface area contributed by atoms with Crippen LogP contribution < -0.4 is 5.32 Å². The molecule has 0 saturated heterocycles. The summed E-state index contributed by atoms with van der Waals surface area (Å²) < 4.78 is 10.3. The number of hydrogen-bond donors (Lipinski definition) is 1. The predicted octanol–water partition coefficient (Wildman–Crippen LogP) is 3.59. The molecule has 1 aliphatic rings. The van der Waals surface area contributed by atoms with Crippen molar-refractivity contribution in [1.82, 2.24) is 10.1 Å². The molecule has 3 heterocycles. The molecule has 1 amide bonds. The van der Waals surface area contributed by atoms with Gasteiger partial charge in [-0.3, -0.25) is 9.59 Å². The standard InChI is InChI=1S/C22H19N3O5S/c1-13-9-16(25-30-13)12-31-21-17(3-2-8-23-21)22(28)29-11-19(26)15-4-6-18-14(10-15)5-7-20(27)24-18/h2-4,6,8-10H,5,7,11-12H2,1H3,(H,24,27). The molecule has 0 aliphatic carbocycles. The fourth-order valence-electron chi connectivity index (χ4n) is 3.14. The Hall–Kier alpha value is -3.46. The van der Waals surface area contributed by atoms with Gasteiger partial charge in [-0.05, 0) is 49.2 Å². The molecule has 1 aromatic carbocycles. The molecule has 0 unspecified atom stereocenters. The third kappa shape index (κ3) is 5.00. The lowest BCUT2D eigenvalue weighted by Gasteiger charge is -2.17. The normalized spacial score (nSPS) is 12.7. The number of fused-ring (bicyclic) bond motifs is 1. The lowest BCUT2D eigenvalue weighted by molar-refractivity contribution is -0.116. The SMILES string of the molecule is Cc1cc(CSc2ncccc2C(=O)OCC(=O)c2ccc3c(c2)CCC(=O)N3)no1. The smallest absolute Gasteiger partial charge is 0.341 e. The van der Waals surface area contributed by atoms with Gasteiger partial charge in [-0.25, -0.2) is 9.78 Å². The molecule has 1 N–H and O–H groups in total. The summed E-state index contributed by atoms with van der Waals surface area (Å²) in [5.41, 5.74) is 3.07. The minimum atomic E-state index is -0.620. The molecule has 3 aromatic rings. The van der Waals surface area contributed by atoms with Gasteiger partial charge in [0.25, 0.3) is 0 Å². The molecule has 1 aliphatic heterocycles. The van der Waals surface area contributed by atoms with Crippen LogP contribution in [0.4, 0.5) is 5.69 Å². The van der Waals surface area contributed by atoms with E-state index in [1.54, 1.807) is 43.5 Å². The Kier molecular flexibility index (Phi) is 6.13. The van der Waals surface area contributed by atoms with Crippen molar-refractivity contribution < 1.29 is 23.6 Å². The number of Topliss-reactive ketones (excluding diaryl/α,β-unsaturated/α-hetero) is 1. The lowest BCUT2D eigenvalue weighted by atomic mass is 9.99. The number of ether oxygens (including phenoxy) is 1. The van der Waals surface area contributed by atoms with E-state index in [2.05, 4.69) is 15.5 Å². The fourth-order valence-corrected chi connectivity index (χ4v) is 4.00. The number of benzene rings is 1. The van der Waals surface area contributed by atoms with Crippen LogP contribution in [0.3, 0.4) is 0 Å². The van der Waals surface area contributed by atoms with Crippen LogP contribution in [-0.2, 0) is 21.7 Å². The van der Waals surface area contributed by atoms with Gasteiger partial charge in [-0.2, -0.15) is 0 Å². The van der Waals surface area contributed by atoms with Crippen molar-refractivity contribution in [1.29, 1.82) is 0 Å². The molecule has 31 heavy (non-hydrogen) atoms. The summed E-state index contributed by atoms with van der Waals surface area (Å²) in [4.78, 5) is 40.8. The molecule has 0 fully saturated rings. The Bertz CT molecular complexity index is 1160. The van der Waals surface area contributed by atoms with Gasteiger partial charge in [0.05, 0.1) is 11.3 Å². The van der Waals surface area contributed by atoms with Crippen molar-refractivity contribution in [3.05, 3.63) is 70.7 Å². The zero-order chi connectivity index (χ0) is 21.8. The van der Waals surface area contributed by atoms with E-state index >= 15 is 0 Å². The number of thioether (sulfide) groups is 1. The van der Waals surface area contributed by atoms with Gasteiger partial charge in [0.1, 0.15) is 10.8 Å². The monoisotopic (exact) mass is 437 g/mol. The number of amides is 1. The minimum absolute atomic E-state index is 0.0377. The van der Waals surface area contributed by atoms with Gasteiger partial charge < -0.3 is 14.6 Å². The third-order valence-corrected chi connectivity index (χ3v) is 5.72. The Morgan fingerprint density at radius 2 is 2.10 bits per heavy atom. The number of aryl methyl sites for hydroxylation is 2. The van der Waals surface area contributed by atoms with E-state index in [-0.39, 0.29) is 23.9 Å². The molecule has 0 atom stereocenters. The molecule has 8 nitrogen and oxygen atoms in total. The molecule has 0 bridgehead atoms.